The molecule has 0 saturated heterocycles. The lowest BCUT2D eigenvalue weighted by Crippen LogP contribution is -2.23. The summed E-state index contributed by atoms with van der Waals surface area (Å²) in [5, 5.41) is 22.6. The molecule has 0 heterocycles. The number of amides is 2. The van der Waals surface area contributed by atoms with Crippen molar-refractivity contribution in [1.82, 2.24) is 0 Å². The van der Waals surface area contributed by atoms with E-state index in [0.717, 1.165) is 47.4 Å². The minimum Gasteiger partial charge on any atom is -0.478 e. The van der Waals surface area contributed by atoms with Gasteiger partial charge in [-0.1, -0.05) is 39.0 Å². The Hall–Kier alpha value is -4.20. The molecule has 8 heteroatoms. The minimum atomic E-state index is -1.19. The van der Waals surface area contributed by atoms with Gasteiger partial charge < -0.3 is 20.8 Å². The Morgan fingerprint density at radius 3 is 1.76 bits per heavy atom. The summed E-state index contributed by atoms with van der Waals surface area (Å²) in [7, 11) is 0. The van der Waals surface area contributed by atoms with Crippen LogP contribution in [0.4, 0.5) is 11.4 Å². The summed E-state index contributed by atoms with van der Waals surface area (Å²) in [4.78, 5) is 45.0. The second-order valence-corrected chi connectivity index (χ2v) is 9.05. The molecule has 4 N–H and O–H groups in total. The molecular weight excluding hydrogens is 436 g/mol. The van der Waals surface area contributed by atoms with E-state index in [1.165, 1.54) is 0 Å². The fourth-order valence-electron chi connectivity index (χ4n) is 4.58. The van der Waals surface area contributed by atoms with E-state index in [4.69, 9.17) is 10.2 Å². The van der Waals surface area contributed by atoms with Gasteiger partial charge in [-0.15, -0.1) is 0 Å². The number of fused-ring (bicyclic) bond motifs is 1. The number of nitrogens with one attached hydrogen (secondary N) is 2. The predicted molar refractivity (Wildman–Crippen MR) is 128 cm³/mol. The zero-order chi connectivity index (χ0) is 25.1. The third-order valence-corrected chi connectivity index (χ3v) is 5.95. The van der Waals surface area contributed by atoms with Crippen LogP contribution in [0.5, 0.6) is 0 Å². The summed E-state index contributed by atoms with van der Waals surface area (Å²) < 4.78 is 0. The minimum absolute atomic E-state index is 0.184. The summed E-state index contributed by atoms with van der Waals surface area (Å²) in [6.45, 7) is 6.42. The van der Waals surface area contributed by atoms with Crippen molar-refractivity contribution in [3.8, 4) is 0 Å². The normalized spacial score (nSPS) is 18.6. The van der Waals surface area contributed by atoms with Gasteiger partial charge in [0, 0.05) is 41.1 Å². The number of carboxylic acids is 2. The molecule has 1 aliphatic carbocycles. The quantitative estimate of drug-likeness (QED) is 0.462. The number of rotatable bonds is 7. The van der Waals surface area contributed by atoms with E-state index in [9.17, 15) is 19.2 Å². The Kier molecular flexibility index (Phi) is 6.72. The van der Waals surface area contributed by atoms with Crippen molar-refractivity contribution in [2.24, 2.45) is 0 Å². The molecular formula is C26H26N2O6. The van der Waals surface area contributed by atoms with Gasteiger partial charge in [0.1, 0.15) is 0 Å². The van der Waals surface area contributed by atoms with Crippen LogP contribution in [0.25, 0.3) is 0 Å². The highest BCUT2D eigenvalue weighted by atomic mass is 16.4. The van der Waals surface area contributed by atoms with E-state index < -0.39 is 23.8 Å². The van der Waals surface area contributed by atoms with Crippen LogP contribution in [0.3, 0.4) is 0 Å². The molecule has 0 spiro atoms. The highest BCUT2D eigenvalue weighted by Crippen LogP contribution is 2.53. The number of hydrogen-bond acceptors (Lipinski definition) is 4. The molecule has 0 bridgehead atoms. The predicted octanol–water partition coefficient (Wildman–Crippen LogP) is 3.83. The summed E-state index contributed by atoms with van der Waals surface area (Å²) >= 11 is 0. The summed E-state index contributed by atoms with van der Waals surface area (Å²) in [6, 6.07) is 13.1. The van der Waals surface area contributed by atoms with Gasteiger partial charge in [0.05, 0.1) is 0 Å². The van der Waals surface area contributed by atoms with Crippen molar-refractivity contribution in [1.29, 1.82) is 0 Å². The third-order valence-electron chi connectivity index (χ3n) is 5.95. The number of carboxylic acid groups (broad SMARTS) is 2. The van der Waals surface area contributed by atoms with Crippen LogP contribution in [0.1, 0.15) is 43.9 Å². The van der Waals surface area contributed by atoms with E-state index in [2.05, 4.69) is 31.4 Å². The van der Waals surface area contributed by atoms with Crippen molar-refractivity contribution in [3.05, 3.63) is 83.5 Å². The Morgan fingerprint density at radius 2 is 1.24 bits per heavy atom. The fourth-order valence-corrected chi connectivity index (χ4v) is 4.58. The van der Waals surface area contributed by atoms with E-state index in [1.807, 2.05) is 24.3 Å². The van der Waals surface area contributed by atoms with Crippen molar-refractivity contribution in [3.63, 3.8) is 0 Å². The first-order valence-electron chi connectivity index (χ1n) is 10.6. The molecule has 2 aromatic rings. The molecule has 8 nitrogen and oxygen atoms in total. The SMILES string of the molecule is CC1(C)CC(C)(c2ccc(NC(=O)/C=C\C(=O)O)cc2)c2ccc(NC(=O)/C=C\C(=O)O)cc21. The van der Waals surface area contributed by atoms with Crippen LogP contribution < -0.4 is 10.6 Å². The average molecular weight is 463 g/mol. The van der Waals surface area contributed by atoms with Crippen LogP contribution in [0.2, 0.25) is 0 Å². The fraction of sp³-hybridized carbons (Fsp3) is 0.231. The van der Waals surface area contributed by atoms with Crippen LogP contribution in [-0.4, -0.2) is 34.0 Å². The number of carbonyl (C=O) groups excluding carboxylic acids is 2. The number of aliphatic carboxylic acids is 2. The maximum absolute atomic E-state index is 12.0. The monoisotopic (exact) mass is 462 g/mol. The molecule has 1 unspecified atom stereocenters. The van der Waals surface area contributed by atoms with Crippen LogP contribution >= 0.6 is 0 Å². The van der Waals surface area contributed by atoms with Gasteiger partial charge in [0.2, 0.25) is 11.8 Å². The van der Waals surface area contributed by atoms with Gasteiger partial charge >= 0.3 is 11.9 Å². The molecule has 0 aromatic heterocycles. The zero-order valence-corrected chi connectivity index (χ0v) is 19.1. The standard InChI is InChI=1S/C26H26N2O6/c1-25(2)15-26(3,16-4-6-17(7-5-16)27-21(29)10-12-23(31)32)19-9-8-18(14-20(19)25)28-22(30)11-13-24(33)34/h4-14H,15H2,1-3H3,(H,27,29)(H,28,30)(H,31,32)(H,33,34)/b12-10-,13-11-. The maximum atomic E-state index is 12.0. The van der Waals surface area contributed by atoms with Crippen LogP contribution in [0, 0.1) is 0 Å². The van der Waals surface area contributed by atoms with E-state index in [0.29, 0.717) is 11.4 Å². The van der Waals surface area contributed by atoms with E-state index in [-0.39, 0.29) is 10.8 Å². The van der Waals surface area contributed by atoms with E-state index in [1.54, 1.807) is 18.2 Å². The number of carbonyl (C=O) groups is 4. The first kappa shape index (κ1) is 24.4. The summed E-state index contributed by atoms with van der Waals surface area (Å²) in [5.41, 5.74) is 3.91. The van der Waals surface area contributed by atoms with Crippen molar-refractivity contribution < 1.29 is 29.4 Å². The molecule has 0 fully saturated rings. The smallest absolute Gasteiger partial charge is 0.328 e. The molecule has 2 amide bonds. The number of anilines is 2. The maximum Gasteiger partial charge on any atom is 0.328 e. The first-order valence-corrected chi connectivity index (χ1v) is 10.6. The van der Waals surface area contributed by atoms with Crippen LogP contribution in [0.15, 0.2) is 66.8 Å². The second-order valence-electron chi connectivity index (χ2n) is 9.05. The van der Waals surface area contributed by atoms with Crippen molar-refractivity contribution >= 4 is 35.1 Å². The number of benzene rings is 2. The van der Waals surface area contributed by atoms with Crippen LogP contribution in [-0.2, 0) is 30.0 Å². The van der Waals surface area contributed by atoms with Gasteiger partial charge in [-0.2, -0.15) is 0 Å². The van der Waals surface area contributed by atoms with Gasteiger partial charge in [-0.05, 0) is 52.8 Å². The Morgan fingerprint density at radius 1 is 0.735 bits per heavy atom. The molecule has 0 aliphatic heterocycles. The molecule has 1 aliphatic rings. The lowest BCUT2D eigenvalue weighted by Gasteiger charge is -2.28. The highest BCUT2D eigenvalue weighted by molar-refractivity contribution is 6.03. The Balaban J connectivity index is 1.85. The Labute approximate surface area is 197 Å². The lowest BCUT2D eigenvalue weighted by atomic mass is 9.75. The topological polar surface area (TPSA) is 133 Å². The highest BCUT2D eigenvalue weighted by Gasteiger charge is 2.45. The summed E-state index contributed by atoms with van der Waals surface area (Å²) in [5.74, 6) is -3.43. The molecule has 3 rings (SSSR count). The third kappa shape index (κ3) is 5.40. The second kappa shape index (κ2) is 9.35. The largest absolute Gasteiger partial charge is 0.478 e. The van der Waals surface area contributed by atoms with Gasteiger partial charge in [-0.3, -0.25) is 9.59 Å². The molecule has 0 saturated carbocycles. The average Bonchev–Trinajstić information content (AvgIpc) is 2.97. The van der Waals surface area contributed by atoms with Crippen molar-refractivity contribution in [2.75, 3.05) is 10.6 Å². The zero-order valence-electron chi connectivity index (χ0n) is 19.1. The molecule has 2 aromatic carbocycles. The number of hydrogen-bond donors (Lipinski definition) is 4. The van der Waals surface area contributed by atoms with Crippen molar-refractivity contribution in [2.45, 2.75) is 38.0 Å². The van der Waals surface area contributed by atoms with Gasteiger partial charge in [0.25, 0.3) is 0 Å². The molecule has 1 atom stereocenters. The molecule has 176 valence electrons. The van der Waals surface area contributed by atoms with Gasteiger partial charge in [0.15, 0.2) is 0 Å². The lowest BCUT2D eigenvalue weighted by molar-refractivity contribution is -0.132. The van der Waals surface area contributed by atoms with E-state index >= 15 is 0 Å². The van der Waals surface area contributed by atoms with Gasteiger partial charge in [-0.25, -0.2) is 9.59 Å². The Bertz CT molecular complexity index is 1210. The molecule has 34 heavy (non-hydrogen) atoms. The first-order chi connectivity index (χ1) is 15.9. The summed E-state index contributed by atoms with van der Waals surface area (Å²) in [6.07, 6.45) is 4.32. The molecule has 0 radical (unpaired) electrons.